The summed E-state index contributed by atoms with van der Waals surface area (Å²) in [6, 6.07) is 12.0. The first-order chi connectivity index (χ1) is 10.7. The van der Waals surface area contributed by atoms with Crippen molar-refractivity contribution in [3.8, 4) is 11.1 Å². The van der Waals surface area contributed by atoms with Crippen molar-refractivity contribution >= 4 is 29.5 Å². The maximum absolute atomic E-state index is 13.2. The third kappa shape index (κ3) is 3.01. The van der Waals surface area contributed by atoms with E-state index in [0.717, 1.165) is 28.2 Å². The molecule has 114 valence electrons. The van der Waals surface area contributed by atoms with Gasteiger partial charge in [0.2, 0.25) is 0 Å². The van der Waals surface area contributed by atoms with Gasteiger partial charge in [0.15, 0.2) is 0 Å². The number of halogens is 1. The summed E-state index contributed by atoms with van der Waals surface area (Å²) in [5.41, 5.74) is 3.31. The molecule has 0 aromatic heterocycles. The predicted octanol–water partition coefficient (Wildman–Crippen LogP) is 4.76. The van der Waals surface area contributed by atoms with Gasteiger partial charge in [-0.2, -0.15) is 0 Å². The second-order valence-electron chi connectivity index (χ2n) is 4.84. The van der Waals surface area contributed by atoms with Gasteiger partial charge in [-0.3, -0.25) is 0 Å². The Labute approximate surface area is 137 Å². The first kappa shape index (κ1) is 15.4. The predicted molar refractivity (Wildman–Crippen MR) is 90.8 cm³/mol. The third-order valence-corrected chi connectivity index (χ3v) is 6.58. The van der Waals surface area contributed by atoms with Crippen LogP contribution in [0.25, 0.3) is 11.1 Å². The van der Waals surface area contributed by atoms with Crippen molar-refractivity contribution in [1.82, 2.24) is 0 Å². The number of esters is 1. The molecule has 2 nitrogen and oxygen atoms in total. The summed E-state index contributed by atoms with van der Waals surface area (Å²) in [4.78, 5) is 12.1. The molecule has 0 radical (unpaired) electrons. The molecule has 2 aromatic carbocycles. The van der Waals surface area contributed by atoms with Crippen LogP contribution in [-0.2, 0) is 4.74 Å². The van der Waals surface area contributed by atoms with Gasteiger partial charge in [0, 0.05) is 17.1 Å². The van der Waals surface area contributed by atoms with Gasteiger partial charge in [0.25, 0.3) is 0 Å². The van der Waals surface area contributed by atoms with Crippen LogP contribution in [0.1, 0.15) is 20.5 Å². The van der Waals surface area contributed by atoms with Gasteiger partial charge in [-0.25, -0.2) is 9.18 Å². The zero-order valence-electron chi connectivity index (χ0n) is 12.0. The molecule has 2 aromatic rings. The third-order valence-electron chi connectivity index (χ3n) is 3.51. The quantitative estimate of drug-likeness (QED) is 0.756. The monoisotopic (exact) mass is 334 g/mol. The average Bonchev–Trinajstić information content (AvgIpc) is 3.08. The van der Waals surface area contributed by atoms with E-state index < -0.39 is 0 Å². The van der Waals surface area contributed by atoms with E-state index in [9.17, 15) is 9.18 Å². The van der Waals surface area contributed by atoms with E-state index in [-0.39, 0.29) is 11.8 Å². The molecule has 0 bridgehead atoms. The van der Waals surface area contributed by atoms with Gasteiger partial charge in [-0.05, 0) is 29.3 Å². The highest BCUT2D eigenvalue weighted by Gasteiger charge is 2.25. The van der Waals surface area contributed by atoms with E-state index >= 15 is 0 Å². The molecule has 1 aliphatic rings. The number of hydrogen-bond donors (Lipinski definition) is 0. The molecule has 22 heavy (non-hydrogen) atoms. The number of benzene rings is 2. The molecular formula is C17H15FO2S2. The minimum absolute atomic E-state index is 0.287. The van der Waals surface area contributed by atoms with E-state index in [1.165, 1.54) is 19.2 Å². The maximum Gasteiger partial charge on any atom is 0.338 e. The lowest BCUT2D eigenvalue weighted by atomic mass is 9.95. The number of carbonyl (C=O) groups is 1. The Morgan fingerprint density at radius 2 is 1.82 bits per heavy atom. The molecule has 1 fully saturated rings. The number of hydrogen-bond acceptors (Lipinski definition) is 4. The highest BCUT2D eigenvalue weighted by Crippen LogP contribution is 2.49. The maximum atomic E-state index is 13.2. The van der Waals surface area contributed by atoms with Gasteiger partial charge in [0.05, 0.1) is 17.3 Å². The minimum Gasteiger partial charge on any atom is -0.465 e. The summed E-state index contributed by atoms with van der Waals surface area (Å²) < 4.78 is 18.4. The topological polar surface area (TPSA) is 26.3 Å². The van der Waals surface area contributed by atoms with Crippen molar-refractivity contribution in [3.63, 3.8) is 0 Å². The van der Waals surface area contributed by atoms with Crippen molar-refractivity contribution < 1.29 is 13.9 Å². The van der Waals surface area contributed by atoms with Crippen molar-refractivity contribution in [1.29, 1.82) is 0 Å². The molecule has 0 atom stereocenters. The highest BCUT2D eigenvalue weighted by atomic mass is 32.2. The number of ether oxygens (including phenoxy) is 1. The summed E-state index contributed by atoms with van der Waals surface area (Å²) in [5, 5.41) is 0. The Bertz CT molecular complexity index is 680. The van der Waals surface area contributed by atoms with E-state index in [1.807, 2.05) is 35.7 Å². The molecule has 5 heteroatoms. The van der Waals surface area contributed by atoms with Crippen molar-refractivity contribution in [2.45, 2.75) is 4.58 Å². The molecule has 3 rings (SSSR count). The van der Waals surface area contributed by atoms with Gasteiger partial charge >= 0.3 is 5.97 Å². The van der Waals surface area contributed by atoms with Gasteiger partial charge in [-0.1, -0.05) is 24.3 Å². The second kappa shape index (κ2) is 6.75. The van der Waals surface area contributed by atoms with Crippen LogP contribution in [-0.4, -0.2) is 24.6 Å². The van der Waals surface area contributed by atoms with Crippen molar-refractivity contribution in [2.75, 3.05) is 18.6 Å². The zero-order valence-corrected chi connectivity index (χ0v) is 13.7. The normalized spacial score (nSPS) is 15.0. The molecule has 1 heterocycles. The van der Waals surface area contributed by atoms with Crippen LogP contribution in [0.15, 0.2) is 42.5 Å². The summed E-state index contributed by atoms with van der Waals surface area (Å²) >= 11 is 3.74. The van der Waals surface area contributed by atoms with Crippen LogP contribution in [0.4, 0.5) is 4.39 Å². The van der Waals surface area contributed by atoms with Crippen LogP contribution in [0.5, 0.6) is 0 Å². The second-order valence-corrected chi connectivity index (χ2v) is 7.57. The van der Waals surface area contributed by atoms with Gasteiger partial charge in [-0.15, -0.1) is 23.5 Å². The van der Waals surface area contributed by atoms with E-state index in [2.05, 4.69) is 0 Å². The van der Waals surface area contributed by atoms with E-state index in [4.69, 9.17) is 4.74 Å². The molecule has 0 spiro atoms. The molecule has 0 amide bonds. The zero-order chi connectivity index (χ0) is 15.5. The van der Waals surface area contributed by atoms with Gasteiger partial charge in [0.1, 0.15) is 5.82 Å². The largest absolute Gasteiger partial charge is 0.465 e. The Balaban J connectivity index is 2.17. The van der Waals surface area contributed by atoms with E-state index in [1.54, 1.807) is 18.2 Å². The average molecular weight is 334 g/mol. The SMILES string of the molecule is COC(=O)c1cccc(C2SCCS2)c1-c1ccc(F)cc1. The summed E-state index contributed by atoms with van der Waals surface area (Å²) in [6.07, 6.45) is 0. The van der Waals surface area contributed by atoms with Crippen LogP contribution < -0.4 is 0 Å². The summed E-state index contributed by atoms with van der Waals surface area (Å²) in [5.74, 6) is 1.54. The van der Waals surface area contributed by atoms with Crippen molar-refractivity contribution in [2.24, 2.45) is 0 Å². The molecule has 0 unspecified atom stereocenters. The minimum atomic E-state index is -0.367. The van der Waals surface area contributed by atoms with Gasteiger partial charge < -0.3 is 4.74 Å². The number of methoxy groups -OCH3 is 1. The van der Waals surface area contributed by atoms with Crippen LogP contribution in [0.3, 0.4) is 0 Å². The lowest BCUT2D eigenvalue weighted by Crippen LogP contribution is -2.06. The Hall–Kier alpha value is -1.46. The van der Waals surface area contributed by atoms with Crippen LogP contribution in [0, 0.1) is 5.82 Å². The molecule has 1 saturated heterocycles. The van der Waals surface area contributed by atoms with Crippen LogP contribution in [0.2, 0.25) is 0 Å². The molecular weight excluding hydrogens is 319 g/mol. The highest BCUT2D eigenvalue weighted by molar-refractivity contribution is 8.19. The fourth-order valence-corrected chi connectivity index (χ4v) is 5.44. The number of thioether (sulfide) groups is 2. The van der Waals surface area contributed by atoms with Crippen LogP contribution >= 0.6 is 23.5 Å². The Morgan fingerprint density at radius 1 is 1.14 bits per heavy atom. The molecule has 0 saturated carbocycles. The molecule has 0 N–H and O–H groups in total. The smallest absolute Gasteiger partial charge is 0.338 e. The summed E-state index contributed by atoms with van der Waals surface area (Å²) in [7, 11) is 1.38. The molecule has 0 aliphatic carbocycles. The first-order valence-electron chi connectivity index (χ1n) is 6.91. The fraction of sp³-hybridized carbons (Fsp3) is 0.235. The lowest BCUT2D eigenvalue weighted by molar-refractivity contribution is 0.0601. The summed E-state index contributed by atoms with van der Waals surface area (Å²) in [6.45, 7) is 0. The Kier molecular flexibility index (Phi) is 4.74. The molecule has 1 aliphatic heterocycles. The van der Waals surface area contributed by atoms with E-state index in [0.29, 0.717) is 10.1 Å². The standard InChI is InChI=1S/C17H15FO2S2/c1-20-16(19)13-3-2-4-14(17-21-9-10-22-17)15(13)11-5-7-12(18)8-6-11/h2-8,17H,9-10H2,1H3. The lowest BCUT2D eigenvalue weighted by Gasteiger charge is -2.17. The first-order valence-corrected chi connectivity index (χ1v) is 9.01. The number of rotatable bonds is 3. The Morgan fingerprint density at radius 3 is 2.45 bits per heavy atom. The number of carbonyl (C=O) groups excluding carboxylic acids is 1. The van der Waals surface area contributed by atoms with Crippen molar-refractivity contribution in [3.05, 3.63) is 59.4 Å². The fourth-order valence-electron chi connectivity index (χ4n) is 2.52.